The molecule has 144 valence electrons. The summed E-state index contributed by atoms with van der Waals surface area (Å²) in [6.45, 7) is 8.44. The molecular formula is C18H30N6O2. The van der Waals surface area contributed by atoms with Crippen LogP contribution in [0.4, 0.5) is 10.6 Å². The van der Waals surface area contributed by atoms with Crippen LogP contribution in [0.1, 0.15) is 26.5 Å². The second-order valence-corrected chi connectivity index (χ2v) is 7.51. The molecule has 1 aliphatic heterocycles. The van der Waals surface area contributed by atoms with Crippen molar-refractivity contribution in [3.63, 3.8) is 0 Å². The number of amides is 1. The van der Waals surface area contributed by atoms with Crippen LogP contribution >= 0.6 is 0 Å². The van der Waals surface area contributed by atoms with E-state index in [1.807, 2.05) is 62.9 Å². The van der Waals surface area contributed by atoms with E-state index in [2.05, 4.69) is 9.98 Å². The summed E-state index contributed by atoms with van der Waals surface area (Å²) in [4.78, 5) is 26.7. The third kappa shape index (κ3) is 5.79. The molecule has 8 heteroatoms. The Labute approximate surface area is 155 Å². The van der Waals surface area contributed by atoms with E-state index in [9.17, 15) is 4.79 Å². The van der Waals surface area contributed by atoms with Crippen LogP contribution in [0.5, 0.6) is 0 Å². The van der Waals surface area contributed by atoms with Gasteiger partial charge in [-0.3, -0.25) is 0 Å². The molecule has 1 aliphatic rings. The molecule has 2 N–H and O–H groups in total. The average Bonchev–Trinajstić information content (AvgIpc) is 2.58. The Hall–Kier alpha value is -2.51. The minimum atomic E-state index is -0.483. The minimum Gasteiger partial charge on any atom is -0.444 e. The molecule has 0 bridgehead atoms. The van der Waals surface area contributed by atoms with Gasteiger partial charge in [-0.2, -0.15) is 0 Å². The number of anilines is 1. The van der Waals surface area contributed by atoms with E-state index in [4.69, 9.17) is 10.5 Å². The number of nitrogens with zero attached hydrogens (tertiary/aromatic N) is 5. The van der Waals surface area contributed by atoms with Gasteiger partial charge in [-0.15, -0.1) is 0 Å². The maximum absolute atomic E-state index is 12.1. The first-order valence-electron chi connectivity index (χ1n) is 8.82. The Kier molecular flexibility index (Phi) is 6.28. The monoisotopic (exact) mass is 362 g/mol. The minimum absolute atomic E-state index is 0.280. The summed E-state index contributed by atoms with van der Waals surface area (Å²) in [6.07, 6.45) is -0.280. The van der Waals surface area contributed by atoms with E-state index in [1.165, 1.54) is 0 Å². The summed E-state index contributed by atoms with van der Waals surface area (Å²) in [6, 6.07) is 5.85. The number of guanidine groups is 1. The Morgan fingerprint density at radius 2 is 1.85 bits per heavy atom. The molecule has 0 radical (unpaired) electrons. The fraction of sp³-hybridized carbons (Fsp3) is 0.611. The number of nitrogens with two attached hydrogens (primary N) is 1. The van der Waals surface area contributed by atoms with E-state index < -0.39 is 5.60 Å². The van der Waals surface area contributed by atoms with Gasteiger partial charge in [0.05, 0.1) is 12.2 Å². The first-order chi connectivity index (χ1) is 12.2. The van der Waals surface area contributed by atoms with E-state index in [0.29, 0.717) is 38.7 Å². The normalized spacial score (nSPS) is 15.8. The summed E-state index contributed by atoms with van der Waals surface area (Å²) in [5.74, 6) is 1.37. The summed E-state index contributed by atoms with van der Waals surface area (Å²) in [5.41, 5.74) is 6.50. The summed E-state index contributed by atoms with van der Waals surface area (Å²) >= 11 is 0. The largest absolute Gasteiger partial charge is 0.444 e. The molecule has 1 aromatic rings. The lowest BCUT2D eigenvalue weighted by molar-refractivity contribution is 0.0186. The highest BCUT2D eigenvalue weighted by molar-refractivity contribution is 5.78. The van der Waals surface area contributed by atoms with Crippen LogP contribution in [0.3, 0.4) is 0 Å². The smallest absolute Gasteiger partial charge is 0.410 e. The van der Waals surface area contributed by atoms with Gasteiger partial charge in [0.1, 0.15) is 11.4 Å². The number of aliphatic imine (C=N–C) groups is 1. The maximum atomic E-state index is 12.1. The first-order valence-corrected chi connectivity index (χ1v) is 8.82. The molecule has 1 fully saturated rings. The zero-order chi connectivity index (χ0) is 19.3. The number of piperazine rings is 1. The molecule has 26 heavy (non-hydrogen) atoms. The fourth-order valence-electron chi connectivity index (χ4n) is 2.51. The van der Waals surface area contributed by atoms with Gasteiger partial charge in [-0.05, 0) is 32.9 Å². The predicted octanol–water partition coefficient (Wildman–Crippen LogP) is 1.51. The van der Waals surface area contributed by atoms with E-state index in [0.717, 1.165) is 11.5 Å². The highest BCUT2D eigenvalue weighted by Gasteiger charge is 2.26. The number of carbonyl (C=O) groups is 1. The number of pyridine rings is 1. The Balaban J connectivity index is 1.87. The summed E-state index contributed by atoms with van der Waals surface area (Å²) in [7, 11) is 3.90. The van der Waals surface area contributed by atoms with Crippen LogP contribution in [0.2, 0.25) is 0 Å². The van der Waals surface area contributed by atoms with Crippen LogP contribution in [0.25, 0.3) is 0 Å². The number of hydrogen-bond donors (Lipinski definition) is 1. The van der Waals surface area contributed by atoms with Crippen molar-refractivity contribution in [2.45, 2.75) is 32.9 Å². The van der Waals surface area contributed by atoms with E-state index >= 15 is 0 Å². The Bertz CT molecular complexity index is 645. The molecular weight excluding hydrogens is 332 g/mol. The van der Waals surface area contributed by atoms with Gasteiger partial charge in [0, 0.05) is 40.3 Å². The maximum Gasteiger partial charge on any atom is 0.410 e. The molecule has 0 spiro atoms. The second kappa shape index (κ2) is 8.25. The number of ether oxygens (including phenoxy) is 1. The summed E-state index contributed by atoms with van der Waals surface area (Å²) < 4.78 is 5.40. The number of aromatic nitrogens is 1. The van der Waals surface area contributed by atoms with Crippen LogP contribution in [0.15, 0.2) is 23.2 Å². The van der Waals surface area contributed by atoms with Crippen LogP contribution in [0, 0.1) is 0 Å². The van der Waals surface area contributed by atoms with Gasteiger partial charge in [0.2, 0.25) is 0 Å². The van der Waals surface area contributed by atoms with Crippen molar-refractivity contribution in [1.29, 1.82) is 0 Å². The van der Waals surface area contributed by atoms with Crippen LogP contribution in [-0.2, 0) is 11.3 Å². The lowest BCUT2D eigenvalue weighted by Gasteiger charge is -2.36. The lowest BCUT2D eigenvalue weighted by Crippen LogP contribution is -2.53. The predicted molar refractivity (Wildman–Crippen MR) is 103 cm³/mol. The molecule has 0 aliphatic carbocycles. The molecule has 2 heterocycles. The highest BCUT2D eigenvalue weighted by Crippen LogP contribution is 2.12. The standard InChI is InChI=1S/C18H30N6O2/c1-18(2,3)26-17(25)24-11-9-23(10-12-24)16(19)20-13-14-7-6-8-15(21-14)22(4)5/h6-8H,9-13H2,1-5H3,(H2,19,20). The molecule has 2 rings (SSSR count). The van der Waals surface area contributed by atoms with Gasteiger partial charge in [0.15, 0.2) is 5.96 Å². The number of hydrogen-bond acceptors (Lipinski definition) is 5. The van der Waals surface area contributed by atoms with Crippen molar-refractivity contribution >= 4 is 17.9 Å². The van der Waals surface area contributed by atoms with E-state index in [-0.39, 0.29) is 6.09 Å². The van der Waals surface area contributed by atoms with Gasteiger partial charge < -0.3 is 25.2 Å². The van der Waals surface area contributed by atoms with Crippen molar-refractivity contribution in [2.75, 3.05) is 45.2 Å². The van der Waals surface area contributed by atoms with Crippen molar-refractivity contribution in [3.05, 3.63) is 23.9 Å². The lowest BCUT2D eigenvalue weighted by atomic mass is 10.2. The van der Waals surface area contributed by atoms with Crippen molar-refractivity contribution in [1.82, 2.24) is 14.8 Å². The molecule has 0 atom stereocenters. The molecule has 8 nitrogen and oxygen atoms in total. The SMILES string of the molecule is CN(C)c1cccc(CN=C(N)N2CCN(C(=O)OC(C)(C)C)CC2)n1. The average molecular weight is 362 g/mol. The van der Waals surface area contributed by atoms with E-state index in [1.54, 1.807) is 4.90 Å². The quantitative estimate of drug-likeness (QED) is 0.648. The third-order valence-corrected chi connectivity index (χ3v) is 3.91. The topological polar surface area (TPSA) is 87.3 Å². The van der Waals surface area contributed by atoms with Gasteiger partial charge in [-0.25, -0.2) is 14.8 Å². The number of rotatable bonds is 3. The van der Waals surface area contributed by atoms with Crippen molar-refractivity contribution < 1.29 is 9.53 Å². The molecule has 0 aromatic carbocycles. The molecule has 0 saturated carbocycles. The third-order valence-electron chi connectivity index (χ3n) is 3.91. The van der Waals surface area contributed by atoms with Gasteiger partial charge in [-0.1, -0.05) is 6.07 Å². The first kappa shape index (κ1) is 19.8. The summed E-state index contributed by atoms with van der Waals surface area (Å²) in [5, 5.41) is 0. The molecule has 0 unspecified atom stereocenters. The molecule has 1 amide bonds. The van der Waals surface area contributed by atoms with Crippen molar-refractivity contribution in [3.8, 4) is 0 Å². The van der Waals surface area contributed by atoms with Crippen molar-refractivity contribution in [2.24, 2.45) is 10.7 Å². The zero-order valence-corrected chi connectivity index (χ0v) is 16.4. The molecule has 1 saturated heterocycles. The van der Waals surface area contributed by atoms with Gasteiger partial charge >= 0.3 is 6.09 Å². The molecule has 1 aromatic heterocycles. The Morgan fingerprint density at radius 1 is 1.23 bits per heavy atom. The second-order valence-electron chi connectivity index (χ2n) is 7.51. The fourth-order valence-corrected chi connectivity index (χ4v) is 2.51. The van der Waals surface area contributed by atoms with Gasteiger partial charge in [0.25, 0.3) is 0 Å². The number of carbonyl (C=O) groups excluding carboxylic acids is 1. The highest BCUT2D eigenvalue weighted by atomic mass is 16.6. The Morgan fingerprint density at radius 3 is 2.42 bits per heavy atom. The van der Waals surface area contributed by atoms with Crippen LogP contribution < -0.4 is 10.6 Å². The zero-order valence-electron chi connectivity index (χ0n) is 16.4. The van der Waals surface area contributed by atoms with Crippen LogP contribution in [-0.4, -0.2) is 72.7 Å².